The van der Waals surface area contributed by atoms with Crippen molar-refractivity contribution in [3.63, 3.8) is 0 Å². The molecular weight excluding hydrogens is 314 g/mol. The largest absolute Gasteiger partial charge is 0.326 e. The molecule has 0 saturated carbocycles. The molecule has 0 amide bonds. The van der Waals surface area contributed by atoms with Crippen LogP contribution in [0.15, 0.2) is 47.3 Å². The third-order valence-corrected chi connectivity index (χ3v) is 4.91. The smallest absolute Gasteiger partial charge is 0.305 e. The predicted molar refractivity (Wildman–Crippen MR) is 91.0 cm³/mol. The molecule has 2 aromatic carbocycles. The number of anilines is 1. The molecule has 0 unspecified atom stereocenters. The van der Waals surface area contributed by atoms with E-state index in [-0.39, 0.29) is 11.4 Å². The maximum Gasteiger partial charge on any atom is 0.326 e. The van der Waals surface area contributed by atoms with Crippen LogP contribution in [0.25, 0.3) is 11.0 Å². The molecule has 0 bridgehead atoms. The Morgan fingerprint density at radius 3 is 2.52 bits per heavy atom. The highest BCUT2D eigenvalue weighted by Gasteiger charge is 2.13. The molecule has 1 aromatic heterocycles. The minimum Gasteiger partial charge on any atom is -0.305 e. The average molecular weight is 331 g/mol. The first-order valence-electron chi connectivity index (χ1n) is 7.09. The van der Waals surface area contributed by atoms with Crippen molar-refractivity contribution in [3.05, 3.63) is 64.1 Å². The molecule has 23 heavy (non-hydrogen) atoms. The van der Waals surface area contributed by atoms with Gasteiger partial charge in [0.05, 0.1) is 22.5 Å². The van der Waals surface area contributed by atoms with Gasteiger partial charge in [0.25, 0.3) is 0 Å². The lowest BCUT2D eigenvalue weighted by atomic mass is 10.2. The van der Waals surface area contributed by atoms with Gasteiger partial charge >= 0.3 is 5.69 Å². The summed E-state index contributed by atoms with van der Waals surface area (Å²) < 4.78 is 28.6. The van der Waals surface area contributed by atoms with Crippen molar-refractivity contribution >= 4 is 26.7 Å². The molecule has 2 N–H and O–H groups in total. The Bertz CT molecular complexity index is 1010. The molecule has 0 fully saturated rings. The molecule has 0 spiro atoms. The van der Waals surface area contributed by atoms with E-state index in [1.165, 1.54) is 4.57 Å². The second kappa shape index (κ2) is 5.58. The highest BCUT2D eigenvalue weighted by Crippen LogP contribution is 2.18. The fraction of sp³-hybridized carbons (Fsp3) is 0.188. The molecule has 3 aromatic rings. The Morgan fingerprint density at radius 2 is 1.83 bits per heavy atom. The number of hydrogen-bond acceptors (Lipinski definition) is 3. The molecule has 0 aliphatic carbocycles. The van der Waals surface area contributed by atoms with Crippen LogP contribution in [0.4, 0.5) is 5.69 Å². The number of H-pyrrole nitrogens is 1. The maximum absolute atomic E-state index is 12.3. The Kier molecular flexibility index (Phi) is 3.73. The molecule has 1 heterocycles. The van der Waals surface area contributed by atoms with E-state index >= 15 is 0 Å². The second-order valence-corrected chi connectivity index (χ2v) is 7.29. The molecule has 7 heteroatoms. The summed E-state index contributed by atoms with van der Waals surface area (Å²) in [5, 5.41) is 0. The SMILES string of the molecule is Cc1ccc(CS(=O)(=O)Nc2ccc3c(c2)[nH]c(=O)n3C)cc1. The zero-order valence-electron chi connectivity index (χ0n) is 12.8. The summed E-state index contributed by atoms with van der Waals surface area (Å²) in [5.41, 5.74) is 3.30. The lowest BCUT2D eigenvalue weighted by Gasteiger charge is -2.08. The monoisotopic (exact) mass is 331 g/mol. The van der Waals surface area contributed by atoms with Crippen molar-refractivity contribution in [2.24, 2.45) is 7.05 Å². The summed E-state index contributed by atoms with van der Waals surface area (Å²) in [6.45, 7) is 1.95. The summed E-state index contributed by atoms with van der Waals surface area (Å²) in [7, 11) is -1.87. The molecule has 120 valence electrons. The number of aromatic amines is 1. The van der Waals surface area contributed by atoms with E-state index in [9.17, 15) is 13.2 Å². The minimum atomic E-state index is -3.52. The second-order valence-electron chi connectivity index (χ2n) is 5.57. The number of rotatable bonds is 4. The Labute approximate surface area is 133 Å². The molecule has 0 saturated heterocycles. The minimum absolute atomic E-state index is 0.101. The Morgan fingerprint density at radius 1 is 1.13 bits per heavy atom. The van der Waals surface area contributed by atoms with Crippen LogP contribution < -0.4 is 10.4 Å². The molecule has 6 nitrogen and oxygen atoms in total. The van der Waals surface area contributed by atoms with E-state index in [2.05, 4.69) is 9.71 Å². The average Bonchev–Trinajstić information content (AvgIpc) is 2.75. The lowest BCUT2D eigenvalue weighted by Crippen LogP contribution is -2.15. The summed E-state index contributed by atoms with van der Waals surface area (Å²) in [6.07, 6.45) is 0. The molecule has 0 aliphatic heterocycles. The van der Waals surface area contributed by atoms with Crippen molar-refractivity contribution in [3.8, 4) is 0 Å². The van der Waals surface area contributed by atoms with E-state index in [0.29, 0.717) is 11.2 Å². The fourth-order valence-corrected chi connectivity index (χ4v) is 3.61. The van der Waals surface area contributed by atoms with Gasteiger partial charge in [0.15, 0.2) is 0 Å². The van der Waals surface area contributed by atoms with Crippen LogP contribution in [-0.2, 0) is 22.8 Å². The van der Waals surface area contributed by atoms with E-state index in [1.54, 1.807) is 37.4 Å². The quantitative estimate of drug-likeness (QED) is 0.768. The van der Waals surface area contributed by atoms with Crippen molar-refractivity contribution in [2.45, 2.75) is 12.7 Å². The zero-order valence-corrected chi connectivity index (χ0v) is 13.6. The molecule has 0 radical (unpaired) electrons. The van der Waals surface area contributed by atoms with Gasteiger partial charge in [0, 0.05) is 7.05 Å². The van der Waals surface area contributed by atoms with E-state index < -0.39 is 10.0 Å². The van der Waals surface area contributed by atoms with Gasteiger partial charge in [0.2, 0.25) is 10.0 Å². The number of sulfonamides is 1. The first kappa shape index (κ1) is 15.4. The highest BCUT2D eigenvalue weighted by molar-refractivity contribution is 7.91. The summed E-state index contributed by atoms with van der Waals surface area (Å²) in [6, 6.07) is 12.3. The summed E-state index contributed by atoms with van der Waals surface area (Å²) in [4.78, 5) is 14.3. The Hall–Kier alpha value is -2.54. The fourth-order valence-electron chi connectivity index (χ4n) is 2.42. The van der Waals surface area contributed by atoms with E-state index in [0.717, 1.165) is 16.6 Å². The first-order chi connectivity index (χ1) is 10.8. The van der Waals surface area contributed by atoms with E-state index in [1.807, 2.05) is 19.1 Å². The van der Waals surface area contributed by atoms with Crippen LogP contribution in [0.3, 0.4) is 0 Å². The highest BCUT2D eigenvalue weighted by atomic mass is 32.2. The topological polar surface area (TPSA) is 84.0 Å². The van der Waals surface area contributed by atoms with E-state index in [4.69, 9.17) is 0 Å². The number of nitrogens with one attached hydrogen (secondary N) is 2. The maximum atomic E-state index is 12.3. The molecule has 0 atom stereocenters. The van der Waals surface area contributed by atoms with Gasteiger partial charge in [-0.1, -0.05) is 29.8 Å². The molecular formula is C16H17N3O3S. The van der Waals surface area contributed by atoms with Crippen LogP contribution in [0, 0.1) is 6.92 Å². The van der Waals surface area contributed by atoms with Crippen molar-refractivity contribution in [1.29, 1.82) is 0 Å². The number of aryl methyl sites for hydroxylation is 2. The summed E-state index contributed by atoms with van der Waals surface area (Å²) in [5.74, 6) is -0.101. The molecule has 3 rings (SSSR count). The number of hydrogen-bond donors (Lipinski definition) is 2. The lowest BCUT2D eigenvalue weighted by molar-refractivity contribution is 0.600. The predicted octanol–water partition coefficient (Wildman–Crippen LogP) is 2.12. The van der Waals surface area contributed by atoms with Crippen molar-refractivity contribution < 1.29 is 8.42 Å². The summed E-state index contributed by atoms with van der Waals surface area (Å²) >= 11 is 0. The van der Waals surface area contributed by atoms with Gasteiger partial charge in [0.1, 0.15) is 0 Å². The van der Waals surface area contributed by atoms with Crippen LogP contribution in [-0.4, -0.2) is 18.0 Å². The van der Waals surface area contributed by atoms with Crippen LogP contribution in [0.5, 0.6) is 0 Å². The first-order valence-corrected chi connectivity index (χ1v) is 8.74. The third kappa shape index (κ3) is 3.29. The van der Waals surface area contributed by atoms with Gasteiger partial charge in [-0.15, -0.1) is 0 Å². The van der Waals surface area contributed by atoms with Gasteiger partial charge in [-0.2, -0.15) is 0 Å². The molecule has 0 aliphatic rings. The zero-order chi connectivity index (χ0) is 16.6. The number of aromatic nitrogens is 2. The number of benzene rings is 2. The van der Waals surface area contributed by atoms with Gasteiger partial charge in [-0.25, -0.2) is 13.2 Å². The van der Waals surface area contributed by atoms with Gasteiger partial charge < -0.3 is 4.98 Å². The van der Waals surface area contributed by atoms with Crippen molar-refractivity contribution in [2.75, 3.05) is 4.72 Å². The normalized spacial score (nSPS) is 11.7. The number of imidazole rings is 1. The third-order valence-electron chi connectivity index (χ3n) is 3.65. The van der Waals surface area contributed by atoms with Crippen LogP contribution >= 0.6 is 0 Å². The number of nitrogens with zero attached hydrogens (tertiary/aromatic N) is 1. The Balaban J connectivity index is 1.85. The van der Waals surface area contributed by atoms with Gasteiger partial charge in [-0.3, -0.25) is 9.29 Å². The number of fused-ring (bicyclic) bond motifs is 1. The van der Waals surface area contributed by atoms with Gasteiger partial charge in [-0.05, 0) is 30.7 Å². The van der Waals surface area contributed by atoms with Crippen LogP contribution in [0.2, 0.25) is 0 Å². The standard InChI is InChI=1S/C16H17N3O3S/c1-11-3-5-12(6-4-11)10-23(21,22)18-13-7-8-15-14(9-13)17-16(20)19(15)2/h3-9,18H,10H2,1-2H3,(H,17,20). The van der Waals surface area contributed by atoms with Crippen molar-refractivity contribution in [1.82, 2.24) is 9.55 Å². The van der Waals surface area contributed by atoms with Crippen LogP contribution in [0.1, 0.15) is 11.1 Å².